The Morgan fingerprint density at radius 3 is 2.96 bits per heavy atom. The van der Waals surface area contributed by atoms with E-state index in [1.54, 1.807) is 17.3 Å². The molecule has 1 fully saturated rings. The Morgan fingerprint density at radius 2 is 2.17 bits per heavy atom. The molecule has 0 atom stereocenters. The number of hydrogen-bond donors (Lipinski definition) is 0. The maximum Gasteiger partial charge on any atom is 0.257 e. The molecule has 122 valence electrons. The molecule has 0 saturated carbocycles. The number of carbonyl (C=O) groups is 1. The van der Waals surface area contributed by atoms with E-state index in [0.29, 0.717) is 24.1 Å². The van der Waals surface area contributed by atoms with Gasteiger partial charge in [-0.2, -0.15) is 0 Å². The molecule has 1 aliphatic heterocycles. The summed E-state index contributed by atoms with van der Waals surface area (Å²) >= 11 is 1.32. The number of aromatic nitrogens is 2. The Kier molecular flexibility index (Phi) is 4.08. The number of nitrogens with zero attached hydrogens (tertiary/aromatic N) is 3. The molecule has 3 aromatic rings. The zero-order chi connectivity index (χ0) is 16.4. The lowest BCUT2D eigenvalue weighted by molar-refractivity contribution is -0.137. The fourth-order valence-electron chi connectivity index (χ4n) is 2.45. The number of para-hydroxylation sites is 2. The molecule has 3 heterocycles. The third-order valence-corrected chi connectivity index (χ3v) is 4.54. The molecule has 6 nitrogen and oxygen atoms in total. The molecule has 0 unspecified atom stereocenters. The van der Waals surface area contributed by atoms with E-state index in [1.165, 1.54) is 11.8 Å². The summed E-state index contributed by atoms with van der Waals surface area (Å²) in [6.45, 7) is 1.20. The van der Waals surface area contributed by atoms with Crippen molar-refractivity contribution in [3.8, 4) is 5.75 Å². The van der Waals surface area contributed by atoms with Crippen LogP contribution in [0.4, 0.5) is 0 Å². The van der Waals surface area contributed by atoms with E-state index in [-0.39, 0.29) is 12.0 Å². The molecule has 1 saturated heterocycles. The van der Waals surface area contributed by atoms with Gasteiger partial charge in [-0.25, -0.2) is 4.98 Å². The second kappa shape index (κ2) is 6.52. The molecule has 4 rings (SSSR count). The third kappa shape index (κ3) is 3.21. The second-order valence-corrected chi connectivity index (χ2v) is 6.39. The van der Waals surface area contributed by atoms with Crippen LogP contribution in [0.15, 0.2) is 58.4 Å². The van der Waals surface area contributed by atoms with Crippen LogP contribution < -0.4 is 4.74 Å². The van der Waals surface area contributed by atoms with Crippen molar-refractivity contribution < 1.29 is 13.9 Å². The minimum atomic E-state index is 0.0347. The number of rotatable bonds is 5. The van der Waals surface area contributed by atoms with Crippen LogP contribution in [0.1, 0.15) is 0 Å². The van der Waals surface area contributed by atoms with Gasteiger partial charge >= 0.3 is 0 Å². The fraction of sp³-hybridized carbons (Fsp3) is 0.235. The summed E-state index contributed by atoms with van der Waals surface area (Å²) in [6.07, 6.45) is 3.41. The average molecular weight is 341 g/mol. The highest BCUT2D eigenvalue weighted by Gasteiger charge is 2.32. The number of thioether (sulfide) groups is 1. The van der Waals surface area contributed by atoms with Crippen molar-refractivity contribution in [2.24, 2.45) is 0 Å². The van der Waals surface area contributed by atoms with Crippen LogP contribution in [0, 0.1) is 0 Å². The first-order chi connectivity index (χ1) is 11.8. The van der Waals surface area contributed by atoms with Crippen LogP contribution in [0.25, 0.3) is 11.1 Å². The maximum atomic E-state index is 12.2. The SMILES string of the molecule is O=C(CSc1nc2ccccc2o1)N1CC(Oc2cccnc2)C1. The van der Waals surface area contributed by atoms with Crippen molar-refractivity contribution in [1.29, 1.82) is 0 Å². The van der Waals surface area contributed by atoms with Gasteiger partial charge in [-0.05, 0) is 24.3 Å². The highest BCUT2D eigenvalue weighted by Crippen LogP contribution is 2.24. The van der Waals surface area contributed by atoms with Crippen molar-refractivity contribution in [3.63, 3.8) is 0 Å². The summed E-state index contributed by atoms with van der Waals surface area (Å²) in [5, 5.41) is 0.522. The van der Waals surface area contributed by atoms with E-state index in [2.05, 4.69) is 9.97 Å². The number of hydrogen-bond acceptors (Lipinski definition) is 6. The molecule has 24 heavy (non-hydrogen) atoms. The number of ether oxygens (including phenoxy) is 1. The van der Waals surface area contributed by atoms with Gasteiger partial charge in [0, 0.05) is 6.20 Å². The van der Waals surface area contributed by atoms with Gasteiger partial charge in [-0.15, -0.1) is 0 Å². The van der Waals surface area contributed by atoms with Crippen molar-refractivity contribution in [3.05, 3.63) is 48.8 Å². The molecule has 2 aromatic heterocycles. The van der Waals surface area contributed by atoms with Crippen LogP contribution >= 0.6 is 11.8 Å². The topological polar surface area (TPSA) is 68.5 Å². The summed E-state index contributed by atoms with van der Waals surface area (Å²) < 4.78 is 11.3. The van der Waals surface area contributed by atoms with Crippen molar-refractivity contribution in [2.45, 2.75) is 11.3 Å². The first kappa shape index (κ1) is 15.0. The lowest BCUT2D eigenvalue weighted by Gasteiger charge is -2.38. The number of likely N-dealkylation sites (tertiary alicyclic amines) is 1. The zero-order valence-electron chi connectivity index (χ0n) is 12.8. The first-order valence-electron chi connectivity index (χ1n) is 7.61. The van der Waals surface area contributed by atoms with Gasteiger partial charge in [0.25, 0.3) is 5.22 Å². The van der Waals surface area contributed by atoms with E-state index < -0.39 is 0 Å². The Balaban J connectivity index is 1.25. The second-order valence-electron chi connectivity index (χ2n) is 5.46. The maximum absolute atomic E-state index is 12.2. The van der Waals surface area contributed by atoms with E-state index in [9.17, 15) is 4.79 Å². The van der Waals surface area contributed by atoms with Gasteiger partial charge in [0.05, 0.1) is 25.0 Å². The standard InChI is InChI=1S/C17H15N3O3S/c21-16(11-24-17-19-14-5-1-2-6-15(14)23-17)20-9-13(10-20)22-12-4-3-7-18-8-12/h1-8,13H,9-11H2. The van der Waals surface area contributed by atoms with Gasteiger partial charge in [0.15, 0.2) is 5.58 Å². The van der Waals surface area contributed by atoms with E-state index in [4.69, 9.17) is 9.15 Å². The molecule has 0 bridgehead atoms. The van der Waals surface area contributed by atoms with E-state index >= 15 is 0 Å². The average Bonchev–Trinajstić information content (AvgIpc) is 2.99. The summed E-state index contributed by atoms with van der Waals surface area (Å²) in [5.41, 5.74) is 1.54. The minimum absolute atomic E-state index is 0.0347. The first-order valence-corrected chi connectivity index (χ1v) is 8.59. The molecule has 1 amide bonds. The number of pyridine rings is 1. The lowest BCUT2D eigenvalue weighted by Crippen LogP contribution is -2.56. The van der Waals surface area contributed by atoms with Crippen molar-refractivity contribution >= 4 is 28.8 Å². The number of fused-ring (bicyclic) bond motifs is 1. The predicted molar refractivity (Wildman–Crippen MR) is 90.0 cm³/mol. The Morgan fingerprint density at radius 1 is 1.29 bits per heavy atom. The van der Waals surface area contributed by atoms with Gasteiger partial charge < -0.3 is 14.1 Å². The number of carbonyl (C=O) groups excluding carboxylic acids is 1. The normalized spacial score (nSPS) is 14.6. The number of benzene rings is 1. The molecule has 0 spiro atoms. The molecule has 0 N–H and O–H groups in total. The monoisotopic (exact) mass is 341 g/mol. The molecule has 0 aliphatic carbocycles. The molecule has 1 aromatic carbocycles. The van der Waals surface area contributed by atoms with E-state index in [0.717, 1.165) is 16.8 Å². The van der Waals surface area contributed by atoms with Gasteiger partial charge in [0.2, 0.25) is 5.91 Å². The highest BCUT2D eigenvalue weighted by atomic mass is 32.2. The summed E-state index contributed by atoms with van der Waals surface area (Å²) in [5.74, 6) is 1.11. The largest absolute Gasteiger partial charge is 0.485 e. The summed E-state index contributed by atoms with van der Waals surface area (Å²) in [6, 6.07) is 11.3. The fourth-order valence-corrected chi connectivity index (χ4v) is 3.19. The van der Waals surface area contributed by atoms with Gasteiger partial charge in [0.1, 0.15) is 17.4 Å². The van der Waals surface area contributed by atoms with Gasteiger partial charge in [-0.1, -0.05) is 23.9 Å². The van der Waals surface area contributed by atoms with Crippen LogP contribution in [-0.2, 0) is 4.79 Å². The Bertz CT molecular complexity index is 813. The minimum Gasteiger partial charge on any atom is -0.485 e. The molecular formula is C17H15N3O3S. The Labute approximate surface area is 142 Å². The molecule has 7 heteroatoms. The Hall–Kier alpha value is -2.54. The molecule has 1 aliphatic rings. The number of amides is 1. The van der Waals surface area contributed by atoms with Crippen LogP contribution in [-0.4, -0.2) is 45.7 Å². The zero-order valence-corrected chi connectivity index (χ0v) is 13.6. The van der Waals surface area contributed by atoms with E-state index in [1.807, 2.05) is 36.4 Å². The highest BCUT2D eigenvalue weighted by molar-refractivity contribution is 7.99. The van der Waals surface area contributed by atoms with Crippen LogP contribution in [0.5, 0.6) is 5.75 Å². The summed E-state index contributed by atoms with van der Waals surface area (Å²) in [4.78, 5) is 22.3. The molecular weight excluding hydrogens is 326 g/mol. The third-order valence-electron chi connectivity index (χ3n) is 3.73. The number of oxazole rings is 1. The lowest BCUT2D eigenvalue weighted by atomic mass is 10.1. The van der Waals surface area contributed by atoms with Crippen LogP contribution in [0.3, 0.4) is 0 Å². The summed E-state index contributed by atoms with van der Waals surface area (Å²) in [7, 11) is 0. The van der Waals surface area contributed by atoms with Crippen molar-refractivity contribution in [2.75, 3.05) is 18.8 Å². The van der Waals surface area contributed by atoms with Crippen LogP contribution in [0.2, 0.25) is 0 Å². The molecule has 0 radical (unpaired) electrons. The quantitative estimate of drug-likeness (QED) is 0.665. The van der Waals surface area contributed by atoms with Gasteiger partial charge in [-0.3, -0.25) is 9.78 Å². The van der Waals surface area contributed by atoms with Crippen molar-refractivity contribution in [1.82, 2.24) is 14.9 Å². The smallest absolute Gasteiger partial charge is 0.257 e. The predicted octanol–water partition coefficient (Wildman–Crippen LogP) is 2.60.